The molecule has 0 fully saturated rings. The number of rotatable bonds is 8. The van der Waals surface area contributed by atoms with E-state index >= 15 is 0 Å². The summed E-state index contributed by atoms with van der Waals surface area (Å²) in [5, 5.41) is 2.66. The Morgan fingerprint density at radius 2 is 1.58 bits per heavy atom. The molecule has 0 saturated carbocycles. The lowest BCUT2D eigenvalue weighted by Gasteiger charge is -2.14. The summed E-state index contributed by atoms with van der Waals surface area (Å²) in [5.41, 5.74) is 0. The minimum Gasteiger partial charge on any atom is -0.356 e. The number of carbonyl (C=O) groups excluding carboxylic acids is 1. The van der Waals surface area contributed by atoms with E-state index in [9.17, 15) is 21.6 Å². The van der Waals surface area contributed by atoms with Gasteiger partial charge in [0.15, 0.2) is 24.3 Å². The van der Waals surface area contributed by atoms with E-state index in [2.05, 4.69) is 5.32 Å². The molecule has 0 radical (unpaired) electrons. The lowest BCUT2D eigenvalue weighted by atomic mass is 10.1. The van der Waals surface area contributed by atoms with Crippen molar-refractivity contribution in [1.82, 2.24) is 5.32 Å². The Balaban J connectivity index is 4.36. The van der Waals surface area contributed by atoms with Gasteiger partial charge in [0.05, 0.1) is 0 Å². The second kappa shape index (κ2) is 7.23. The monoisotopic (exact) mass is 313 g/mol. The molecule has 0 rings (SSSR count). The number of sulfone groups is 2. The van der Waals surface area contributed by atoms with Crippen LogP contribution in [-0.4, -0.2) is 46.4 Å². The van der Waals surface area contributed by atoms with Gasteiger partial charge in [0.1, 0.15) is 0 Å². The molecule has 0 aliphatic rings. The molecule has 0 aromatic heterocycles. The lowest BCUT2D eigenvalue weighted by Crippen LogP contribution is -2.32. The van der Waals surface area contributed by atoms with Crippen LogP contribution in [0.5, 0.6) is 0 Å². The molecule has 0 aliphatic heterocycles. The fourth-order valence-electron chi connectivity index (χ4n) is 1.59. The first kappa shape index (κ1) is 18.4. The molecule has 8 heteroatoms. The Labute approximate surface area is 115 Å². The maximum atomic E-state index is 11.5. The third-order valence-corrected chi connectivity index (χ3v) is 7.41. The van der Waals surface area contributed by atoms with Crippen LogP contribution in [0.25, 0.3) is 0 Å². The van der Waals surface area contributed by atoms with Crippen molar-refractivity contribution >= 4 is 25.6 Å². The largest absolute Gasteiger partial charge is 0.356 e. The van der Waals surface area contributed by atoms with E-state index in [1.165, 1.54) is 0 Å². The van der Waals surface area contributed by atoms with E-state index in [0.29, 0.717) is 6.42 Å². The zero-order valence-corrected chi connectivity index (χ0v) is 13.5. The van der Waals surface area contributed by atoms with Crippen LogP contribution in [0.4, 0.5) is 0 Å². The second-order valence-corrected chi connectivity index (χ2v) is 9.59. The Hall–Kier alpha value is -0.630. The summed E-state index contributed by atoms with van der Waals surface area (Å²) in [7, 11) is -7.29. The lowest BCUT2D eigenvalue weighted by molar-refractivity contribution is -0.124. The van der Waals surface area contributed by atoms with E-state index in [1.54, 1.807) is 6.92 Å². The highest BCUT2D eigenvalue weighted by atomic mass is 32.3. The minimum atomic E-state index is -3.64. The maximum Gasteiger partial charge on any atom is 0.222 e. The van der Waals surface area contributed by atoms with Gasteiger partial charge in [0.2, 0.25) is 5.91 Å². The minimum absolute atomic E-state index is 0.00154. The van der Waals surface area contributed by atoms with Crippen LogP contribution >= 0.6 is 0 Å². The zero-order valence-electron chi connectivity index (χ0n) is 11.8. The molecule has 0 heterocycles. The van der Waals surface area contributed by atoms with E-state index in [1.807, 2.05) is 6.92 Å². The molecule has 114 valence electrons. The Morgan fingerprint density at radius 1 is 1.11 bits per heavy atom. The van der Waals surface area contributed by atoms with Crippen molar-refractivity contribution in [3.8, 4) is 0 Å². The van der Waals surface area contributed by atoms with Gasteiger partial charge >= 0.3 is 0 Å². The Morgan fingerprint density at radius 3 is 1.95 bits per heavy atom. The molecule has 1 N–H and O–H groups in total. The summed E-state index contributed by atoms with van der Waals surface area (Å²) in [6, 6.07) is 0. The van der Waals surface area contributed by atoms with Crippen LogP contribution in [-0.2, 0) is 24.5 Å². The Bertz CT molecular complexity index is 463. The van der Waals surface area contributed by atoms with Gasteiger partial charge in [0, 0.05) is 25.0 Å². The quantitative estimate of drug-likeness (QED) is 0.652. The number of nitrogens with one attached hydrogen (secondary N) is 1. The highest BCUT2D eigenvalue weighted by Gasteiger charge is 2.30. The molecule has 1 unspecified atom stereocenters. The van der Waals surface area contributed by atoms with Crippen LogP contribution in [0, 0.1) is 5.92 Å². The van der Waals surface area contributed by atoms with Gasteiger partial charge in [-0.1, -0.05) is 13.8 Å². The van der Waals surface area contributed by atoms with Crippen LogP contribution in [0.1, 0.15) is 33.1 Å². The van der Waals surface area contributed by atoms with Crippen molar-refractivity contribution in [2.24, 2.45) is 5.92 Å². The molecule has 0 aromatic rings. The van der Waals surface area contributed by atoms with Crippen molar-refractivity contribution in [2.45, 2.75) is 37.7 Å². The van der Waals surface area contributed by atoms with Crippen LogP contribution in [0.15, 0.2) is 0 Å². The predicted molar refractivity (Wildman–Crippen MR) is 75.2 cm³/mol. The molecule has 0 spiro atoms. The fraction of sp³-hybridized carbons (Fsp3) is 0.909. The van der Waals surface area contributed by atoms with Crippen molar-refractivity contribution in [2.75, 3.05) is 19.1 Å². The van der Waals surface area contributed by atoms with E-state index in [0.717, 1.165) is 18.9 Å². The van der Waals surface area contributed by atoms with Gasteiger partial charge in [-0.05, 0) is 19.3 Å². The van der Waals surface area contributed by atoms with Gasteiger partial charge in [-0.15, -0.1) is 0 Å². The summed E-state index contributed by atoms with van der Waals surface area (Å²) in [6.45, 7) is 3.98. The van der Waals surface area contributed by atoms with Crippen LogP contribution < -0.4 is 5.32 Å². The molecule has 6 nitrogen and oxygen atoms in total. The Kier molecular flexibility index (Phi) is 6.99. The van der Waals surface area contributed by atoms with Crippen molar-refractivity contribution < 1.29 is 21.6 Å². The van der Waals surface area contributed by atoms with Crippen molar-refractivity contribution in [1.29, 1.82) is 0 Å². The summed E-state index contributed by atoms with van der Waals surface area (Å²) in [5.74, 6) is -0.196. The first-order valence-corrected chi connectivity index (χ1v) is 10.1. The third-order valence-electron chi connectivity index (χ3n) is 2.93. The highest BCUT2D eigenvalue weighted by Crippen LogP contribution is 2.13. The third kappa shape index (κ3) is 6.91. The average molecular weight is 313 g/mol. The first-order chi connectivity index (χ1) is 8.50. The summed E-state index contributed by atoms with van der Waals surface area (Å²) in [6.07, 6.45) is 2.86. The SMILES string of the molecule is CCC(C)C(=O)NCCCC(S(C)(=O)=O)S(C)(=O)=O. The molecule has 1 atom stereocenters. The molecule has 1 amide bonds. The van der Waals surface area contributed by atoms with Crippen LogP contribution in [0.2, 0.25) is 0 Å². The molecule has 19 heavy (non-hydrogen) atoms. The molecule has 0 aliphatic carbocycles. The number of amides is 1. The fourth-order valence-corrected chi connectivity index (χ4v) is 5.32. The molecule has 0 saturated heterocycles. The van der Waals surface area contributed by atoms with Gasteiger partial charge in [-0.3, -0.25) is 4.79 Å². The normalized spacial score (nSPS) is 14.4. The standard InChI is InChI=1S/C11H23NO5S2/c1-5-9(2)11(13)12-8-6-7-10(18(3,14)15)19(4,16)17/h9-10H,5-8H2,1-4H3,(H,12,13). The van der Waals surface area contributed by atoms with E-state index < -0.39 is 24.3 Å². The maximum absolute atomic E-state index is 11.5. The van der Waals surface area contributed by atoms with Gasteiger partial charge in [0.25, 0.3) is 0 Å². The molecule has 0 bridgehead atoms. The molecule has 0 aromatic carbocycles. The second-order valence-electron chi connectivity index (χ2n) is 4.83. The summed E-state index contributed by atoms with van der Waals surface area (Å²) in [4.78, 5) is 11.5. The topological polar surface area (TPSA) is 97.4 Å². The molecular formula is C11H23NO5S2. The summed E-state index contributed by atoms with van der Waals surface area (Å²) >= 11 is 0. The average Bonchev–Trinajstić information content (AvgIpc) is 2.23. The number of hydrogen-bond acceptors (Lipinski definition) is 5. The van der Waals surface area contributed by atoms with Gasteiger partial charge in [-0.2, -0.15) is 0 Å². The molecular weight excluding hydrogens is 290 g/mol. The van der Waals surface area contributed by atoms with Crippen molar-refractivity contribution in [3.05, 3.63) is 0 Å². The number of carbonyl (C=O) groups is 1. The number of hydrogen-bond donors (Lipinski definition) is 1. The van der Waals surface area contributed by atoms with Gasteiger partial charge in [-0.25, -0.2) is 16.8 Å². The van der Waals surface area contributed by atoms with Crippen molar-refractivity contribution in [3.63, 3.8) is 0 Å². The first-order valence-electron chi connectivity index (χ1n) is 6.15. The van der Waals surface area contributed by atoms with E-state index in [4.69, 9.17) is 0 Å². The smallest absolute Gasteiger partial charge is 0.222 e. The zero-order chi connectivity index (χ0) is 15.3. The predicted octanol–water partition coefficient (Wildman–Crippen LogP) is 0.344. The van der Waals surface area contributed by atoms with Crippen LogP contribution in [0.3, 0.4) is 0 Å². The highest BCUT2D eigenvalue weighted by molar-refractivity contribution is 8.08. The van der Waals surface area contributed by atoms with Gasteiger partial charge < -0.3 is 5.32 Å². The summed E-state index contributed by atoms with van der Waals surface area (Å²) < 4.78 is 44.2. The van der Waals surface area contributed by atoms with E-state index in [-0.39, 0.29) is 24.8 Å².